The molecule has 1 aromatic heterocycles. The van der Waals surface area contributed by atoms with E-state index >= 15 is 0 Å². The van der Waals surface area contributed by atoms with Crippen LogP contribution in [0.4, 0.5) is 0 Å². The number of methoxy groups -OCH3 is 1. The van der Waals surface area contributed by atoms with E-state index in [4.69, 9.17) is 4.74 Å². The Morgan fingerprint density at radius 2 is 2.09 bits per heavy atom. The Morgan fingerprint density at radius 3 is 2.87 bits per heavy atom. The zero-order chi connectivity index (χ0) is 15.9. The molecule has 3 nitrogen and oxygen atoms in total. The van der Waals surface area contributed by atoms with Crippen molar-refractivity contribution in [3.05, 3.63) is 21.9 Å². The minimum atomic E-state index is -0.152. The van der Waals surface area contributed by atoms with E-state index < -0.39 is 0 Å². The maximum absolute atomic E-state index is 10.1. The predicted molar refractivity (Wildman–Crippen MR) is 93.9 cm³/mol. The van der Waals surface area contributed by atoms with Gasteiger partial charge in [-0.25, -0.2) is 0 Å². The van der Waals surface area contributed by atoms with Gasteiger partial charge in [0.15, 0.2) is 0 Å². The fourth-order valence-corrected chi connectivity index (χ4v) is 6.28. The van der Waals surface area contributed by atoms with Crippen LogP contribution >= 0.6 is 11.3 Å². The highest BCUT2D eigenvalue weighted by atomic mass is 32.1. The van der Waals surface area contributed by atoms with Crippen molar-refractivity contribution in [3.63, 3.8) is 0 Å². The van der Waals surface area contributed by atoms with Crippen LogP contribution in [0.3, 0.4) is 0 Å². The van der Waals surface area contributed by atoms with Crippen LogP contribution in [0.25, 0.3) is 0 Å². The maximum atomic E-state index is 10.1. The smallest absolute Gasteiger partial charge is 0.0847 e. The lowest BCUT2D eigenvalue weighted by molar-refractivity contribution is -0.0878. The molecule has 128 valence electrons. The monoisotopic (exact) mass is 335 g/mol. The summed E-state index contributed by atoms with van der Waals surface area (Å²) >= 11 is 2.02. The molecule has 1 N–H and O–H groups in total. The van der Waals surface area contributed by atoms with E-state index in [0.717, 1.165) is 44.7 Å². The SMILES string of the molecule is COC12CCC(O)CC1N(Cc1ccc(C3CCCC3)s1)CC2. The molecule has 4 rings (SSSR count). The van der Waals surface area contributed by atoms with Crippen LogP contribution in [0.15, 0.2) is 12.1 Å². The van der Waals surface area contributed by atoms with Crippen LogP contribution in [-0.4, -0.2) is 41.4 Å². The van der Waals surface area contributed by atoms with Gasteiger partial charge in [-0.1, -0.05) is 12.8 Å². The second-order valence-corrected chi connectivity index (χ2v) is 8.92. The van der Waals surface area contributed by atoms with Gasteiger partial charge in [0.2, 0.25) is 0 Å². The third-order valence-corrected chi connectivity index (χ3v) is 7.70. The molecule has 0 bridgehead atoms. The number of fused-ring (bicyclic) bond motifs is 1. The number of nitrogens with zero attached hydrogens (tertiary/aromatic N) is 1. The van der Waals surface area contributed by atoms with E-state index in [2.05, 4.69) is 17.0 Å². The molecule has 2 saturated carbocycles. The minimum absolute atomic E-state index is 0.00915. The summed E-state index contributed by atoms with van der Waals surface area (Å²) in [5, 5.41) is 10.1. The molecule has 1 aliphatic heterocycles. The lowest BCUT2D eigenvalue weighted by Crippen LogP contribution is -2.51. The van der Waals surface area contributed by atoms with Gasteiger partial charge >= 0.3 is 0 Å². The van der Waals surface area contributed by atoms with Gasteiger partial charge in [0.25, 0.3) is 0 Å². The molecule has 0 radical (unpaired) electrons. The summed E-state index contributed by atoms with van der Waals surface area (Å²) in [4.78, 5) is 5.65. The molecule has 3 atom stereocenters. The molecule has 2 aliphatic carbocycles. The fourth-order valence-electron chi connectivity index (χ4n) is 5.07. The van der Waals surface area contributed by atoms with E-state index in [1.165, 1.54) is 30.6 Å². The second kappa shape index (κ2) is 6.47. The number of thiophene rings is 1. The molecule has 4 heteroatoms. The average molecular weight is 336 g/mol. The van der Waals surface area contributed by atoms with E-state index in [1.54, 1.807) is 4.88 Å². The molecule has 0 amide bonds. The third kappa shape index (κ3) is 2.99. The number of hydrogen-bond donors (Lipinski definition) is 1. The molecule has 3 fully saturated rings. The van der Waals surface area contributed by atoms with Crippen LogP contribution in [0.1, 0.15) is 67.0 Å². The summed E-state index contributed by atoms with van der Waals surface area (Å²) in [6.45, 7) is 2.13. The van der Waals surface area contributed by atoms with E-state index in [-0.39, 0.29) is 11.7 Å². The molecule has 0 aromatic carbocycles. The lowest BCUT2D eigenvalue weighted by Gasteiger charge is -2.42. The fraction of sp³-hybridized carbons (Fsp3) is 0.789. The molecular weight excluding hydrogens is 306 g/mol. The molecule has 0 spiro atoms. The minimum Gasteiger partial charge on any atom is -0.393 e. The highest BCUT2D eigenvalue weighted by Crippen LogP contribution is 2.44. The normalized spacial score (nSPS) is 35.7. The Labute approximate surface area is 143 Å². The lowest BCUT2D eigenvalue weighted by atomic mass is 9.79. The Hall–Kier alpha value is -0.420. The van der Waals surface area contributed by atoms with Crippen molar-refractivity contribution in [3.8, 4) is 0 Å². The van der Waals surface area contributed by atoms with Gasteiger partial charge < -0.3 is 9.84 Å². The van der Waals surface area contributed by atoms with Gasteiger partial charge in [0, 0.05) is 36.0 Å². The predicted octanol–water partition coefficient (Wildman–Crippen LogP) is 3.91. The van der Waals surface area contributed by atoms with Gasteiger partial charge in [-0.15, -0.1) is 11.3 Å². The number of hydrogen-bond acceptors (Lipinski definition) is 4. The molecule has 2 heterocycles. The number of likely N-dealkylation sites (tertiary alicyclic amines) is 1. The number of aliphatic hydroxyl groups is 1. The van der Waals surface area contributed by atoms with Crippen LogP contribution in [0.5, 0.6) is 0 Å². The van der Waals surface area contributed by atoms with Crippen molar-refractivity contribution in [1.82, 2.24) is 4.90 Å². The maximum Gasteiger partial charge on any atom is 0.0847 e. The summed E-state index contributed by atoms with van der Waals surface area (Å²) in [6.07, 6.45) is 9.29. The van der Waals surface area contributed by atoms with Gasteiger partial charge in [0.1, 0.15) is 0 Å². The highest BCUT2D eigenvalue weighted by Gasteiger charge is 2.50. The van der Waals surface area contributed by atoms with Gasteiger partial charge in [0.05, 0.1) is 11.7 Å². The average Bonchev–Trinajstić information content (AvgIpc) is 3.28. The van der Waals surface area contributed by atoms with E-state index in [0.29, 0.717) is 6.04 Å². The summed E-state index contributed by atoms with van der Waals surface area (Å²) in [7, 11) is 1.86. The zero-order valence-corrected chi connectivity index (χ0v) is 15.0. The Bertz CT molecular complexity index is 539. The highest BCUT2D eigenvalue weighted by molar-refractivity contribution is 7.12. The van der Waals surface area contributed by atoms with Crippen molar-refractivity contribution in [2.24, 2.45) is 0 Å². The number of ether oxygens (including phenoxy) is 1. The summed E-state index contributed by atoms with van der Waals surface area (Å²) in [5.74, 6) is 0.821. The third-order valence-electron chi connectivity index (χ3n) is 6.47. The standard InChI is InChI=1S/C19H29NO2S/c1-22-19-9-8-15(21)12-18(19)20(11-10-19)13-16-6-7-17(23-16)14-4-2-3-5-14/h6-7,14-15,18,21H,2-5,8-13H2,1H3. The first-order valence-corrected chi connectivity index (χ1v) is 10.1. The summed E-state index contributed by atoms with van der Waals surface area (Å²) in [6, 6.07) is 5.09. The van der Waals surface area contributed by atoms with Crippen molar-refractivity contribution in [2.75, 3.05) is 13.7 Å². The molecule has 23 heavy (non-hydrogen) atoms. The van der Waals surface area contributed by atoms with Crippen LogP contribution < -0.4 is 0 Å². The Balaban J connectivity index is 1.46. The number of rotatable bonds is 4. The van der Waals surface area contributed by atoms with Crippen LogP contribution in [0, 0.1) is 0 Å². The molecule has 1 saturated heterocycles. The molecule has 3 unspecified atom stereocenters. The largest absolute Gasteiger partial charge is 0.393 e. The van der Waals surface area contributed by atoms with Gasteiger partial charge in [-0.2, -0.15) is 0 Å². The second-order valence-electron chi connectivity index (χ2n) is 7.72. The van der Waals surface area contributed by atoms with Gasteiger partial charge in [-0.3, -0.25) is 4.90 Å². The summed E-state index contributed by atoms with van der Waals surface area (Å²) in [5.41, 5.74) is -0.00915. The molecule has 3 aliphatic rings. The van der Waals surface area contributed by atoms with Crippen molar-refractivity contribution >= 4 is 11.3 Å². The Morgan fingerprint density at radius 1 is 1.26 bits per heavy atom. The van der Waals surface area contributed by atoms with Crippen LogP contribution in [0.2, 0.25) is 0 Å². The first-order valence-electron chi connectivity index (χ1n) is 9.26. The molecule has 1 aromatic rings. The Kier molecular flexibility index (Phi) is 4.52. The quantitative estimate of drug-likeness (QED) is 0.905. The van der Waals surface area contributed by atoms with Gasteiger partial charge in [-0.05, 0) is 56.6 Å². The van der Waals surface area contributed by atoms with Crippen molar-refractivity contribution < 1.29 is 9.84 Å². The topological polar surface area (TPSA) is 32.7 Å². The van der Waals surface area contributed by atoms with Crippen molar-refractivity contribution in [2.45, 2.75) is 81.6 Å². The first kappa shape index (κ1) is 16.1. The first-order chi connectivity index (χ1) is 11.2. The van der Waals surface area contributed by atoms with E-state index in [1.807, 2.05) is 18.4 Å². The summed E-state index contributed by atoms with van der Waals surface area (Å²) < 4.78 is 5.96. The zero-order valence-electron chi connectivity index (χ0n) is 14.2. The molecular formula is C19H29NO2S. The van der Waals surface area contributed by atoms with E-state index in [9.17, 15) is 5.11 Å². The van der Waals surface area contributed by atoms with Crippen LogP contribution in [-0.2, 0) is 11.3 Å². The van der Waals surface area contributed by atoms with Crippen molar-refractivity contribution in [1.29, 1.82) is 0 Å². The number of aliphatic hydroxyl groups excluding tert-OH is 1.